The summed E-state index contributed by atoms with van der Waals surface area (Å²) in [5, 5.41) is 9.62. The van der Waals surface area contributed by atoms with E-state index >= 15 is 0 Å². The monoisotopic (exact) mass is 449 g/mol. The SMILES string of the molecule is C=C(C)CN1CCC/C(C(=O)O)=C\c2cc(-c3ccc(OCCOCCCC)cc3)ccc21. The number of hydrogen-bond acceptors (Lipinski definition) is 4. The molecule has 33 heavy (non-hydrogen) atoms. The number of fused-ring (bicyclic) bond motifs is 1. The van der Waals surface area contributed by atoms with Gasteiger partial charge in [0.2, 0.25) is 0 Å². The molecule has 0 fully saturated rings. The van der Waals surface area contributed by atoms with Gasteiger partial charge in [0.1, 0.15) is 12.4 Å². The summed E-state index contributed by atoms with van der Waals surface area (Å²) in [7, 11) is 0. The van der Waals surface area contributed by atoms with E-state index in [2.05, 4.69) is 36.6 Å². The summed E-state index contributed by atoms with van der Waals surface area (Å²) in [6.07, 6.45) is 5.38. The Labute approximate surface area is 197 Å². The van der Waals surface area contributed by atoms with Crippen LogP contribution in [0.5, 0.6) is 5.75 Å². The van der Waals surface area contributed by atoms with Crippen molar-refractivity contribution in [3.63, 3.8) is 0 Å². The Hall–Kier alpha value is -3.05. The van der Waals surface area contributed by atoms with Crippen LogP contribution in [0.1, 0.15) is 45.1 Å². The first-order chi connectivity index (χ1) is 16.0. The van der Waals surface area contributed by atoms with Crippen molar-refractivity contribution in [3.8, 4) is 16.9 Å². The minimum absolute atomic E-state index is 0.452. The molecular weight excluding hydrogens is 414 g/mol. The minimum Gasteiger partial charge on any atom is -0.491 e. The zero-order chi connectivity index (χ0) is 23.6. The third-order valence-corrected chi connectivity index (χ3v) is 5.63. The van der Waals surface area contributed by atoms with Crippen LogP contribution in [-0.2, 0) is 9.53 Å². The quantitative estimate of drug-likeness (QED) is 0.327. The van der Waals surface area contributed by atoms with E-state index in [-0.39, 0.29) is 0 Å². The maximum Gasteiger partial charge on any atom is 0.331 e. The molecule has 5 nitrogen and oxygen atoms in total. The van der Waals surface area contributed by atoms with Gasteiger partial charge in [-0.05, 0) is 73.2 Å². The number of aliphatic carboxylic acids is 1. The van der Waals surface area contributed by atoms with Gasteiger partial charge in [-0.3, -0.25) is 0 Å². The molecule has 0 saturated carbocycles. The van der Waals surface area contributed by atoms with Crippen molar-refractivity contribution in [1.29, 1.82) is 0 Å². The fourth-order valence-electron chi connectivity index (χ4n) is 3.95. The van der Waals surface area contributed by atoms with Gasteiger partial charge in [-0.15, -0.1) is 0 Å². The highest BCUT2D eigenvalue weighted by molar-refractivity contribution is 5.94. The van der Waals surface area contributed by atoms with Crippen molar-refractivity contribution >= 4 is 17.7 Å². The third kappa shape index (κ3) is 7.22. The zero-order valence-electron chi connectivity index (χ0n) is 19.8. The molecule has 0 unspecified atom stereocenters. The second-order valence-corrected chi connectivity index (χ2v) is 8.57. The second kappa shape index (κ2) is 12.3. The summed E-state index contributed by atoms with van der Waals surface area (Å²) >= 11 is 0. The van der Waals surface area contributed by atoms with Crippen molar-refractivity contribution in [2.45, 2.75) is 39.5 Å². The number of hydrogen-bond donors (Lipinski definition) is 1. The van der Waals surface area contributed by atoms with E-state index in [1.807, 2.05) is 37.3 Å². The highest BCUT2D eigenvalue weighted by atomic mass is 16.5. The largest absolute Gasteiger partial charge is 0.491 e. The highest BCUT2D eigenvalue weighted by Crippen LogP contribution is 2.33. The molecule has 176 valence electrons. The minimum atomic E-state index is -0.847. The van der Waals surface area contributed by atoms with Crippen molar-refractivity contribution in [3.05, 3.63) is 65.8 Å². The Kier molecular flexibility index (Phi) is 9.14. The first-order valence-corrected chi connectivity index (χ1v) is 11.8. The summed E-state index contributed by atoms with van der Waals surface area (Å²) in [4.78, 5) is 14.0. The molecule has 0 amide bonds. The van der Waals surface area contributed by atoms with E-state index in [9.17, 15) is 9.90 Å². The molecule has 0 aromatic heterocycles. The molecule has 0 saturated heterocycles. The highest BCUT2D eigenvalue weighted by Gasteiger charge is 2.18. The molecule has 0 radical (unpaired) electrons. The Bertz CT molecular complexity index is 978. The molecule has 1 aliphatic rings. The number of carboxylic acids is 1. The van der Waals surface area contributed by atoms with Gasteiger partial charge in [-0.2, -0.15) is 0 Å². The van der Waals surface area contributed by atoms with Crippen LogP contribution in [-0.4, -0.2) is 44.0 Å². The molecule has 0 atom stereocenters. The standard InChI is InChI=1S/C28H35NO4/c1-4-5-15-32-16-17-33-26-11-8-22(9-12-26)23-10-13-27-25(18-23)19-24(28(30)31)7-6-14-29(27)20-21(2)3/h8-13,18-19H,2,4-7,14-17,20H2,1,3H3,(H,30,31)/b24-19+. The average molecular weight is 450 g/mol. The number of carboxylic acid groups (broad SMARTS) is 1. The lowest BCUT2D eigenvalue weighted by Gasteiger charge is -2.29. The van der Waals surface area contributed by atoms with Crippen LogP contribution in [0.25, 0.3) is 17.2 Å². The molecule has 3 rings (SSSR count). The van der Waals surface area contributed by atoms with Gasteiger partial charge in [0.05, 0.1) is 6.61 Å². The van der Waals surface area contributed by atoms with E-state index in [1.54, 1.807) is 0 Å². The number of rotatable bonds is 11. The lowest BCUT2D eigenvalue weighted by molar-refractivity contribution is -0.132. The van der Waals surface area contributed by atoms with Crippen molar-refractivity contribution < 1.29 is 19.4 Å². The van der Waals surface area contributed by atoms with E-state index in [0.29, 0.717) is 25.2 Å². The molecule has 1 aliphatic heterocycles. The van der Waals surface area contributed by atoms with Gasteiger partial charge in [0, 0.05) is 31.0 Å². The summed E-state index contributed by atoms with van der Waals surface area (Å²) in [6, 6.07) is 14.3. The van der Waals surface area contributed by atoms with Gasteiger partial charge >= 0.3 is 5.97 Å². The summed E-state index contributed by atoms with van der Waals surface area (Å²) in [6.45, 7) is 11.7. The first kappa shape index (κ1) is 24.6. The van der Waals surface area contributed by atoms with Crippen LogP contribution in [0.4, 0.5) is 5.69 Å². The van der Waals surface area contributed by atoms with Crippen LogP contribution in [0.15, 0.2) is 60.2 Å². The Morgan fingerprint density at radius 1 is 1.09 bits per heavy atom. The maximum absolute atomic E-state index is 11.7. The van der Waals surface area contributed by atoms with Crippen LogP contribution in [0, 0.1) is 0 Å². The van der Waals surface area contributed by atoms with Crippen LogP contribution < -0.4 is 9.64 Å². The van der Waals surface area contributed by atoms with E-state index < -0.39 is 5.97 Å². The zero-order valence-corrected chi connectivity index (χ0v) is 19.8. The van der Waals surface area contributed by atoms with Crippen molar-refractivity contribution in [1.82, 2.24) is 0 Å². The van der Waals surface area contributed by atoms with E-state index in [1.165, 1.54) is 0 Å². The molecule has 2 aromatic rings. The van der Waals surface area contributed by atoms with Gasteiger partial charge < -0.3 is 19.5 Å². The predicted molar refractivity (Wildman–Crippen MR) is 135 cm³/mol. The summed E-state index contributed by atoms with van der Waals surface area (Å²) in [5.74, 6) is -0.0374. The number of unbranched alkanes of at least 4 members (excludes halogenated alkanes) is 1. The molecule has 2 aromatic carbocycles. The summed E-state index contributed by atoms with van der Waals surface area (Å²) < 4.78 is 11.3. The van der Waals surface area contributed by atoms with Crippen molar-refractivity contribution in [2.75, 3.05) is 37.8 Å². The fraction of sp³-hybridized carbons (Fsp3) is 0.393. The summed E-state index contributed by atoms with van der Waals surface area (Å²) in [5.41, 5.74) is 5.61. The van der Waals surface area contributed by atoms with Crippen molar-refractivity contribution in [2.24, 2.45) is 0 Å². The van der Waals surface area contributed by atoms with E-state index in [4.69, 9.17) is 9.47 Å². The molecule has 1 N–H and O–H groups in total. The predicted octanol–water partition coefficient (Wildman–Crippen LogP) is 6.19. The van der Waals surface area contributed by atoms with Gasteiger partial charge in [0.15, 0.2) is 0 Å². The Balaban J connectivity index is 1.78. The fourth-order valence-corrected chi connectivity index (χ4v) is 3.95. The van der Waals surface area contributed by atoms with Crippen LogP contribution in [0.3, 0.4) is 0 Å². The van der Waals surface area contributed by atoms with Gasteiger partial charge in [0.25, 0.3) is 0 Å². The number of ether oxygens (including phenoxy) is 2. The lowest BCUT2D eigenvalue weighted by Crippen LogP contribution is -2.28. The Morgan fingerprint density at radius 3 is 2.55 bits per heavy atom. The number of benzene rings is 2. The van der Waals surface area contributed by atoms with Gasteiger partial charge in [-0.25, -0.2) is 4.79 Å². The van der Waals surface area contributed by atoms with E-state index in [0.717, 1.165) is 72.7 Å². The number of nitrogens with zero attached hydrogens (tertiary/aromatic N) is 1. The smallest absolute Gasteiger partial charge is 0.331 e. The van der Waals surface area contributed by atoms with Gasteiger partial charge in [-0.1, -0.05) is 43.7 Å². The van der Waals surface area contributed by atoms with Crippen LogP contribution >= 0.6 is 0 Å². The molecule has 5 heteroatoms. The molecular formula is C28H35NO4. The normalized spacial score (nSPS) is 15.1. The second-order valence-electron chi connectivity index (χ2n) is 8.57. The maximum atomic E-state index is 11.7. The third-order valence-electron chi connectivity index (χ3n) is 5.63. The lowest BCUT2D eigenvalue weighted by atomic mass is 9.96. The molecule has 1 heterocycles. The first-order valence-electron chi connectivity index (χ1n) is 11.8. The number of carbonyl (C=O) groups is 1. The number of anilines is 1. The topological polar surface area (TPSA) is 59.0 Å². The molecule has 0 bridgehead atoms. The average Bonchev–Trinajstić information content (AvgIpc) is 2.78. The Morgan fingerprint density at radius 2 is 1.85 bits per heavy atom. The molecule has 0 spiro atoms. The molecule has 0 aliphatic carbocycles. The van der Waals surface area contributed by atoms with Crippen LogP contribution in [0.2, 0.25) is 0 Å².